The van der Waals surface area contributed by atoms with Crippen LogP contribution < -0.4 is 0 Å². The van der Waals surface area contributed by atoms with E-state index in [1.54, 1.807) is 13.0 Å². The van der Waals surface area contributed by atoms with Gasteiger partial charge in [0.15, 0.2) is 0 Å². The number of aliphatic hydroxyl groups is 1. The van der Waals surface area contributed by atoms with E-state index in [4.69, 9.17) is 14.2 Å². The largest absolute Gasteiger partial charge is 0.426 e. The van der Waals surface area contributed by atoms with Crippen LogP contribution in [0.1, 0.15) is 34.1 Å². The highest BCUT2D eigenvalue weighted by atomic mass is 31.2. The maximum Gasteiger partial charge on any atom is 0.410 e. The molecule has 1 rings (SSSR count). The van der Waals surface area contributed by atoms with Crippen LogP contribution in [-0.2, 0) is 13.6 Å². The van der Waals surface area contributed by atoms with Gasteiger partial charge < -0.3 is 9.63 Å². The highest BCUT2D eigenvalue weighted by molar-refractivity contribution is 7.59. The van der Waals surface area contributed by atoms with Gasteiger partial charge in [0, 0.05) is 0 Å². The molecular weight excluding hydrogens is 251 g/mol. The number of allylic oxidation sites excluding steroid dienone is 6. The van der Waals surface area contributed by atoms with E-state index in [-0.39, 0.29) is 13.2 Å². The molecule has 1 unspecified atom stereocenters. The van der Waals surface area contributed by atoms with Crippen LogP contribution in [0.3, 0.4) is 0 Å². The van der Waals surface area contributed by atoms with Crippen molar-refractivity contribution in [3.05, 3.63) is 34.4 Å². The highest BCUT2D eigenvalue weighted by Gasteiger charge is 2.36. The van der Waals surface area contributed by atoms with Gasteiger partial charge in [-0.25, -0.2) is 4.57 Å². The Morgan fingerprint density at radius 2 is 2.11 bits per heavy atom. The minimum absolute atomic E-state index is 0.00164. The Bertz CT molecular complexity index is 446. The Kier molecular flexibility index (Phi) is 5.39. The second-order valence-electron chi connectivity index (χ2n) is 4.04. The van der Waals surface area contributed by atoms with E-state index in [1.807, 2.05) is 26.8 Å². The zero-order valence-electron chi connectivity index (χ0n) is 11.4. The van der Waals surface area contributed by atoms with Gasteiger partial charge in [-0.05, 0) is 44.4 Å². The summed E-state index contributed by atoms with van der Waals surface area (Å²) in [5.74, 6) is 0.626. The number of rotatable bonds is 5. The smallest absolute Gasteiger partial charge is 0.410 e. The van der Waals surface area contributed by atoms with E-state index >= 15 is 0 Å². The van der Waals surface area contributed by atoms with Crippen molar-refractivity contribution in [1.82, 2.24) is 0 Å². The molecule has 4 nitrogen and oxygen atoms in total. The lowest BCUT2D eigenvalue weighted by Gasteiger charge is -2.28. The van der Waals surface area contributed by atoms with Crippen molar-refractivity contribution >= 4 is 7.60 Å². The molecule has 0 bridgehead atoms. The van der Waals surface area contributed by atoms with Crippen LogP contribution >= 0.6 is 7.60 Å². The van der Waals surface area contributed by atoms with Gasteiger partial charge in [0.25, 0.3) is 0 Å². The predicted octanol–water partition coefficient (Wildman–Crippen LogP) is 3.75. The lowest BCUT2D eigenvalue weighted by Crippen LogP contribution is -2.09. The highest BCUT2D eigenvalue weighted by Crippen LogP contribution is 2.62. The van der Waals surface area contributed by atoms with Gasteiger partial charge in [0.1, 0.15) is 5.76 Å². The molecule has 1 atom stereocenters. The van der Waals surface area contributed by atoms with Gasteiger partial charge in [0.05, 0.1) is 18.5 Å². The standard InChI is InChI=1S/C13H21O4P/c1-5-7-13-12(6-2)10(3)11(4)17-18(13,15)16-9-8-14/h5,7,14H,6,8-9H2,1-4H3/b7-5-. The van der Waals surface area contributed by atoms with Crippen molar-refractivity contribution in [2.45, 2.75) is 34.1 Å². The topological polar surface area (TPSA) is 55.8 Å². The molecule has 0 aromatic carbocycles. The van der Waals surface area contributed by atoms with Crippen LogP contribution in [0.15, 0.2) is 34.4 Å². The maximum absolute atomic E-state index is 12.7. The summed E-state index contributed by atoms with van der Waals surface area (Å²) in [6.07, 6.45) is 4.35. The monoisotopic (exact) mass is 272 g/mol. The summed E-state index contributed by atoms with van der Waals surface area (Å²) >= 11 is 0. The summed E-state index contributed by atoms with van der Waals surface area (Å²) in [4.78, 5) is 0. The quantitative estimate of drug-likeness (QED) is 0.774. The minimum atomic E-state index is -3.35. The average Bonchev–Trinajstić information content (AvgIpc) is 2.34. The third-order valence-electron chi connectivity index (χ3n) is 2.87. The van der Waals surface area contributed by atoms with Crippen molar-refractivity contribution < 1.29 is 18.7 Å². The molecule has 0 aromatic heterocycles. The first-order chi connectivity index (χ1) is 8.50. The van der Waals surface area contributed by atoms with Crippen molar-refractivity contribution in [1.29, 1.82) is 0 Å². The summed E-state index contributed by atoms with van der Waals surface area (Å²) < 4.78 is 23.5. The number of aliphatic hydroxyl groups excluding tert-OH is 1. The molecule has 0 amide bonds. The summed E-state index contributed by atoms with van der Waals surface area (Å²) in [6, 6.07) is 0. The molecule has 102 valence electrons. The summed E-state index contributed by atoms with van der Waals surface area (Å²) in [6.45, 7) is 7.43. The molecule has 1 aliphatic heterocycles. The zero-order chi connectivity index (χ0) is 13.8. The second-order valence-corrected chi connectivity index (χ2v) is 5.96. The maximum atomic E-state index is 12.7. The van der Waals surface area contributed by atoms with Gasteiger partial charge in [-0.2, -0.15) is 0 Å². The Morgan fingerprint density at radius 3 is 2.61 bits per heavy atom. The van der Waals surface area contributed by atoms with Crippen molar-refractivity contribution in [2.75, 3.05) is 13.2 Å². The van der Waals surface area contributed by atoms with Gasteiger partial charge in [-0.3, -0.25) is 4.52 Å². The van der Waals surface area contributed by atoms with Crippen LogP contribution in [0, 0.1) is 0 Å². The predicted molar refractivity (Wildman–Crippen MR) is 72.2 cm³/mol. The van der Waals surface area contributed by atoms with Gasteiger partial charge in [-0.15, -0.1) is 0 Å². The molecule has 18 heavy (non-hydrogen) atoms. The molecule has 0 spiro atoms. The number of hydrogen-bond donors (Lipinski definition) is 1. The van der Waals surface area contributed by atoms with Crippen LogP contribution in [0.2, 0.25) is 0 Å². The minimum Gasteiger partial charge on any atom is -0.426 e. The van der Waals surface area contributed by atoms with E-state index < -0.39 is 7.60 Å². The van der Waals surface area contributed by atoms with E-state index in [9.17, 15) is 4.57 Å². The van der Waals surface area contributed by atoms with Crippen LogP contribution in [0.4, 0.5) is 0 Å². The molecular formula is C13H21O4P. The lowest BCUT2D eigenvalue weighted by atomic mass is 10.0. The first-order valence-corrected chi connectivity index (χ1v) is 7.63. The summed E-state index contributed by atoms with van der Waals surface area (Å²) in [5, 5.41) is 9.42. The molecule has 0 saturated heterocycles. The van der Waals surface area contributed by atoms with E-state index in [2.05, 4.69) is 0 Å². The van der Waals surface area contributed by atoms with Crippen molar-refractivity contribution in [2.24, 2.45) is 0 Å². The Hall–Kier alpha value is -0.830. The molecule has 0 saturated carbocycles. The Morgan fingerprint density at radius 1 is 1.44 bits per heavy atom. The number of hydrogen-bond acceptors (Lipinski definition) is 4. The van der Waals surface area contributed by atoms with Crippen molar-refractivity contribution in [3.63, 3.8) is 0 Å². The van der Waals surface area contributed by atoms with Crippen LogP contribution in [0.25, 0.3) is 0 Å². The average molecular weight is 272 g/mol. The molecule has 0 fully saturated rings. The molecule has 1 N–H and O–H groups in total. The van der Waals surface area contributed by atoms with E-state index in [0.717, 1.165) is 17.6 Å². The molecule has 1 aliphatic rings. The van der Waals surface area contributed by atoms with E-state index in [0.29, 0.717) is 11.1 Å². The fraction of sp³-hybridized carbons (Fsp3) is 0.538. The van der Waals surface area contributed by atoms with Crippen LogP contribution in [0.5, 0.6) is 0 Å². The van der Waals surface area contributed by atoms with Gasteiger partial charge in [-0.1, -0.05) is 13.0 Å². The van der Waals surface area contributed by atoms with Gasteiger partial charge >= 0.3 is 7.60 Å². The normalized spacial score (nSPS) is 24.9. The SMILES string of the molecule is C/C=C\C1=C(CC)C(C)=C(C)OP1(=O)OCCO. The molecule has 5 heteroatoms. The molecule has 0 aliphatic carbocycles. The fourth-order valence-electron chi connectivity index (χ4n) is 1.92. The zero-order valence-corrected chi connectivity index (χ0v) is 12.3. The second kappa shape index (κ2) is 6.37. The molecule has 0 aromatic rings. The lowest BCUT2D eigenvalue weighted by molar-refractivity contribution is 0.178. The first-order valence-electron chi connectivity index (χ1n) is 6.09. The fourth-order valence-corrected chi connectivity index (χ4v) is 4.02. The van der Waals surface area contributed by atoms with Gasteiger partial charge in [0.2, 0.25) is 0 Å². The van der Waals surface area contributed by atoms with Crippen molar-refractivity contribution in [3.8, 4) is 0 Å². The molecule has 1 heterocycles. The summed E-state index contributed by atoms with van der Waals surface area (Å²) in [5.41, 5.74) is 2.00. The van der Waals surface area contributed by atoms with Crippen LogP contribution in [-0.4, -0.2) is 18.3 Å². The summed E-state index contributed by atoms with van der Waals surface area (Å²) in [7, 11) is -3.35. The third-order valence-corrected chi connectivity index (χ3v) is 4.92. The molecule has 0 radical (unpaired) electrons. The Balaban J connectivity index is 3.30. The Labute approximate surface area is 109 Å². The third kappa shape index (κ3) is 2.94. The van der Waals surface area contributed by atoms with E-state index in [1.165, 1.54) is 0 Å². The first kappa shape index (κ1) is 15.2.